The molecule has 2 heterocycles. The van der Waals surface area contributed by atoms with Crippen LogP contribution in [0.1, 0.15) is 38.5 Å². The van der Waals surface area contributed by atoms with E-state index in [1.807, 2.05) is 18.2 Å². The SMILES string of the molecule is COc1ccc(NC(=O)CCC2CCNCC2)cc1N1CCCC1=O.Cl. The van der Waals surface area contributed by atoms with E-state index in [-0.39, 0.29) is 24.2 Å². The van der Waals surface area contributed by atoms with Crippen molar-refractivity contribution in [3.8, 4) is 5.75 Å². The minimum Gasteiger partial charge on any atom is -0.495 e. The zero-order valence-electron chi connectivity index (χ0n) is 15.3. The summed E-state index contributed by atoms with van der Waals surface area (Å²) in [6.07, 6.45) is 5.19. The molecule has 0 unspecified atom stereocenters. The average Bonchev–Trinajstić information content (AvgIpc) is 3.06. The van der Waals surface area contributed by atoms with Crippen LogP contribution >= 0.6 is 12.4 Å². The Hall–Kier alpha value is -1.79. The third kappa shape index (κ3) is 5.11. The van der Waals surface area contributed by atoms with E-state index in [1.165, 1.54) is 0 Å². The molecule has 2 aliphatic rings. The van der Waals surface area contributed by atoms with Crippen LogP contribution in [0.4, 0.5) is 11.4 Å². The first-order chi connectivity index (χ1) is 12.2. The molecular weight excluding hydrogens is 354 g/mol. The van der Waals surface area contributed by atoms with Gasteiger partial charge < -0.3 is 20.3 Å². The second-order valence-electron chi connectivity index (χ2n) is 6.82. The summed E-state index contributed by atoms with van der Waals surface area (Å²) in [6.45, 7) is 2.80. The number of carbonyl (C=O) groups is 2. The third-order valence-electron chi connectivity index (χ3n) is 5.07. The maximum absolute atomic E-state index is 12.3. The monoisotopic (exact) mass is 381 g/mol. The number of benzene rings is 1. The zero-order valence-corrected chi connectivity index (χ0v) is 16.1. The number of ether oxygens (including phenoxy) is 1. The van der Waals surface area contributed by atoms with Crippen molar-refractivity contribution in [1.29, 1.82) is 0 Å². The van der Waals surface area contributed by atoms with E-state index in [9.17, 15) is 9.59 Å². The maximum Gasteiger partial charge on any atom is 0.227 e. The highest BCUT2D eigenvalue weighted by Crippen LogP contribution is 2.34. The fraction of sp³-hybridized carbons (Fsp3) is 0.579. The Bertz CT molecular complexity index is 632. The molecule has 2 amide bonds. The van der Waals surface area contributed by atoms with E-state index in [4.69, 9.17) is 4.74 Å². The second kappa shape index (κ2) is 9.78. The minimum atomic E-state index is 0. The summed E-state index contributed by atoms with van der Waals surface area (Å²) in [7, 11) is 1.59. The minimum absolute atomic E-state index is 0. The topological polar surface area (TPSA) is 70.7 Å². The zero-order chi connectivity index (χ0) is 17.6. The quantitative estimate of drug-likeness (QED) is 0.794. The Labute approximate surface area is 161 Å². The molecule has 0 atom stereocenters. The summed E-state index contributed by atoms with van der Waals surface area (Å²) in [5.41, 5.74) is 1.45. The lowest BCUT2D eigenvalue weighted by Gasteiger charge is -2.22. The number of halogens is 1. The van der Waals surface area contributed by atoms with Crippen molar-refractivity contribution >= 4 is 35.6 Å². The lowest BCUT2D eigenvalue weighted by Crippen LogP contribution is -2.28. The molecule has 6 nitrogen and oxygen atoms in total. The van der Waals surface area contributed by atoms with Crippen molar-refractivity contribution in [3.05, 3.63) is 18.2 Å². The van der Waals surface area contributed by atoms with Crippen LogP contribution in [-0.4, -0.2) is 38.6 Å². The van der Waals surface area contributed by atoms with Gasteiger partial charge in [0.15, 0.2) is 0 Å². The molecule has 7 heteroatoms. The van der Waals surface area contributed by atoms with Gasteiger partial charge in [-0.05, 0) is 62.9 Å². The highest BCUT2D eigenvalue weighted by molar-refractivity contribution is 5.98. The molecule has 1 aromatic rings. The van der Waals surface area contributed by atoms with E-state index in [1.54, 1.807) is 12.0 Å². The van der Waals surface area contributed by atoms with Gasteiger partial charge in [0.2, 0.25) is 11.8 Å². The van der Waals surface area contributed by atoms with Gasteiger partial charge in [-0.2, -0.15) is 0 Å². The van der Waals surface area contributed by atoms with Gasteiger partial charge in [-0.25, -0.2) is 0 Å². The molecule has 2 saturated heterocycles. The van der Waals surface area contributed by atoms with Gasteiger partial charge in [-0.3, -0.25) is 9.59 Å². The van der Waals surface area contributed by atoms with E-state index >= 15 is 0 Å². The van der Waals surface area contributed by atoms with Gasteiger partial charge in [0, 0.05) is 25.1 Å². The molecule has 1 aromatic carbocycles. The van der Waals surface area contributed by atoms with Crippen molar-refractivity contribution in [3.63, 3.8) is 0 Å². The smallest absolute Gasteiger partial charge is 0.227 e. The Morgan fingerprint density at radius 2 is 2.12 bits per heavy atom. The molecule has 2 aliphatic heterocycles. The Morgan fingerprint density at radius 1 is 1.35 bits per heavy atom. The van der Waals surface area contributed by atoms with Crippen molar-refractivity contribution in [2.24, 2.45) is 5.92 Å². The van der Waals surface area contributed by atoms with Crippen LogP contribution < -0.4 is 20.3 Å². The summed E-state index contributed by atoms with van der Waals surface area (Å²) in [6, 6.07) is 5.47. The molecule has 2 fully saturated rings. The average molecular weight is 382 g/mol. The molecule has 144 valence electrons. The molecule has 3 rings (SSSR count). The molecular formula is C19H28ClN3O3. The molecule has 0 bridgehead atoms. The Kier molecular flexibility index (Phi) is 7.72. The summed E-state index contributed by atoms with van der Waals surface area (Å²) < 4.78 is 5.38. The first-order valence-corrected chi connectivity index (χ1v) is 9.16. The summed E-state index contributed by atoms with van der Waals surface area (Å²) in [5.74, 6) is 1.43. The highest BCUT2D eigenvalue weighted by atomic mass is 35.5. The van der Waals surface area contributed by atoms with E-state index in [0.717, 1.165) is 44.5 Å². The Balaban J connectivity index is 0.00000243. The predicted octanol–water partition coefficient (Wildman–Crippen LogP) is 2.96. The molecule has 2 N–H and O–H groups in total. The number of nitrogens with one attached hydrogen (secondary N) is 2. The van der Waals surface area contributed by atoms with Crippen molar-refractivity contribution in [2.75, 3.05) is 37.0 Å². The number of piperidine rings is 1. The van der Waals surface area contributed by atoms with Crippen molar-refractivity contribution in [1.82, 2.24) is 5.32 Å². The van der Waals surface area contributed by atoms with Crippen LogP contribution in [0.3, 0.4) is 0 Å². The fourth-order valence-electron chi connectivity index (χ4n) is 3.61. The second-order valence-corrected chi connectivity index (χ2v) is 6.82. The molecule has 0 saturated carbocycles. The summed E-state index contributed by atoms with van der Waals surface area (Å²) >= 11 is 0. The number of methoxy groups -OCH3 is 1. The first-order valence-electron chi connectivity index (χ1n) is 9.16. The third-order valence-corrected chi connectivity index (χ3v) is 5.07. The van der Waals surface area contributed by atoms with E-state index < -0.39 is 0 Å². The molecule has 26 heavy (non-hydrogen) atoms. The number of nitrogens with zero attached hydrogens (tertiary/aromatic N) is 1. The molecule has 0 aromatic heterocycles. The van der Waals surface area contributed by atoms with Gasteiger partial charge in [0.25, 0.3) is 0 Å². The first kappa shape index (κ1) is 20.5. The number of hydrogen-bond acceptors (Lipinski definition) is 4. The summed E-state index contributed by atoms with van der Waals surface area (Å²) in [4.78, 5) is 26.0. The van der Waals surface area contributed by atoms with Crippen LogP contribution in [0.15, 0.2) is 18.2 Å². The van der Waals surface area contributed by atoms with Crippen LogP contribution in [0, 0.1) is 5.92 Å². The van der Waals surface area contributed by atoms with E-state index in [2.05, 4.69) is 10.6 Å². The predicted molar refractivity (Wildman–Crippen MR) is 105 cm³/mol. The van der Waals surface area contributed by atoms with Crippen molar-refractivity contribution < 1.29 is 14.3 Å². The Morgan fingerprint density at radius 3 is 2.77 bits per heavy atom. The lowest BCUT2D eigenvalue weighted by atomic mass is 9.93. The highest BCUT2D eigenvalue weighted by Gasteiger charge is 2.25. The number of amides is 2. The standard InChI is InChI=1S/C19H27N3O3.ClH/c1-25-17-6-5-15(13-16(17)22-12-2-3-19(22)24)21-18(23)7-4-14-8-10-20-11-9-14;/h5-6,13-14,20H,2-4,7-12H2,1H3,(H,21,23);1H. The number of anilines is 2. The van der Waals surface area contributed by atoms with Gasteiger partial charge >= 0.3 is 0 Å². The van der Waals surface area contributed by atoms with Crippen LogP contribution in [0.5, 0.6) is 5.75 Å². The van der Waals surface area contributed by atoms with Gasteiger partial charge in [0.05, 0.1) is 12.8 Å². The maximum atomic E-state index is 12.3. The molecule has 0 aliphatic carbocycles. The number of rotatable bonds is 6. The number of hydrogen-bond donors (Lipinski definition) is 2. The lowest BCUT2D eigenvalue weighted by molar-refractivity contribution is -0.117. The fourth-order valence-corrected chi connectivity index (χ4v) is 3.61. The van der Waals surface area contributed by atoms with Crippen LogP contribution in [0.25, 0.3) is 0 Å². The summed E-state index contributed by atoms with van der Waals surface area (Å²) in [5, 5.41) is 6.31. The van der Waals surface area contributed by atoms with E-state index in [0.29, 0.717) is 36.7 Å². The largest absolute Gasteiger partial charge is 0.495 e. The van der Waals surface area contributed by atoms with Crippen molar-refractivity contribution in [2.45, 2.75) is 38.5 Å². The molecule has 0 spiro atoms. The van der Waals surface area contributed by atoms with Gasteiger partial charge in [-0.1, -0.05) is 0 Å². The van der Waals surface area contributed by atoms with Gasteiger partial charge in [-0.15, -0.1) is 12.4 Å². The number of carbonyl (C=O) groups excluding carboxylic acids is 2. The molecule has 0 radical (unpaired) electrons. The van der Waals surface area contributed by atoms with Gasteiger partial charge in [0.1, 0.15) is 5.75 Å². The van der Waals surface area contributed by atoms with Crippen LogP contribution in [0.2, 0.25) is 0 Å². The van der Waals surface area contributed by atoms with Crippen LogP contribution in [-0.2, 0) is 9.59 Å². The normalized spacial score (nSPS) is 17.7.